The monoisotopic (exact) mass is 326 g/mol. The van der Waals surface area contributed by atoms with Crippen molar-refractivity contribution in [2.45, 2.75) is 6.92 Å². The van der Waals surface area contributed by atoms with Crippen LogP contribution in [0.1, 0.15) is 5.56 Å². The molecule has 0 unspecified atom stereocenters. The van der Waals surface area contributed by atoms with E-state index in [0.29, 0.717) is 0 Å². The van der Waals surface area contributed by atoms with E-state index in [9.17, 15) is 0 Å². The molecule has 0 aromatic carbocycles. The van der Waals surface area contributed by atoms with E-state index < -0.39 is 0 Å². The van der Waals surface area contributed by atoms with Crippen molar-refractivity contribution in [1.29, 1.82) is 0 Å². The van der Waals surface area contributed by atoms with E-state index in [2.05, 4.69) is 41.8 Å². The van der Waals surface area contributed by atoms with Gasteiger partial charge in [-0.15, -0.1) is 0 Å². The van der Waals surface area contributed by atoms with Crippen LogP contribution in [0.4, 0.5) is 0 Å². The molecule has 0 aliphatic heterocycles. The van der Waals surface area contributed by atoms with Gasteiger partial charge in [0.2, 0.25) is 0 Å². The van der Waals surface area contributed by atoms with Crippen LogP contribution in [0.25, 0.3) is 11.3 Å². The van der Waals surface area contributed by atoms with Crippen molar-refractivity contribution in [1.82, 2.24) is 9.97 Å². The van der Waals surface area contributed by atoms with Crippen molar-refractivity contribution < 1.29 is 0 Å². The van der Waals surface area contributed by atoms with Gasteiger partial charge >= 0.3 is 0 Å². The maximum atomic E-state index is 4.34. The molecule has 2 heterocycles. The Morgan fingerprint density at radius 1 is 1.07 bits per heavy atom. The molecule has 0 atom stereocenters. The lowest BCUT2D eigenvalue weighted by molar-refractivity contribution is 1.23. The zero-order chi connectivity index (χ0) is 10.8. The zero-order valence-electron chi connectivity index (χ0n) is 8.04. The lowest BCUT2D eigenvalue weighted by Crippen LogP contribution is -1.87. The molecule has 15 heavy (non-hydrogen) atoms. The van der Waals surface area contributed by atoms with E-state index in [1.165, 1.54) is 5.56 Å². The van der Waals surface area contributed by atoms with Gasteiger partial charge in [-0.1, -0.05) is 0 Å². The molecule has 0 aliphatic carbocycles. The molecule has 0 aliphatic rings. The second-order valence-corrected chi connectivity index (χ2v) is 4.86. The molecular weight excluding hydrogens is 320 g/mol. The minimum absolute atomic E-state index is 0.833. The van der Waals surface area contributed by atoms with Gasteiger partial charge in [0.15, 0.2) is 0 Å². The van der Waals surface area contributed by atoms with E-state index in [4.69, 9.17) is 0 Å². The van der Waals surface area contributed by atoms with Gasteiger partial charge in [0.1, 0.15) is 4.60 Å². The van der Waals surface area contributed by atoms with Crippen LogP contribution in [-0.4, -0.2) is 9.97 Å². The fraction of sp³-hybridized carbons (Fsp3) is 0.0909. The molecule has 0 N–H and O–H groups in total. The van der Waals surface area contributed by atoms with Gasteiger partial charge in [-0.05, 0) is 62.5 Å². The number of aromatic nitrogens is 2. The molecule has 2 nitrogen and oxygen atoms in total. The molecule has 0 saturated heterocycles. The van der Waals surface area contributed by atoms with Gasteiger partial charge in [0.25, 0.3) is 0 Å². The maximum absolute atomic E-state index is 4.34. The highest BCUT2D eigenvalue weighted by Gasteiger charge is 2.02. The van der Waals surface area contributed by atoms with E-state index in [1.807, 2.05) is 31.3 Å². The van der Waals surface area contributed by atoms with Gasteiger partial charge in [-0.2, -0.15) is 0 Å². The third-order valence-electron chi connectivity index (χ3n) is 2.07. The van der Waals surface area contributed by atoms with Crippen LogP contribution in [0, 0.1) is 6.92 Å². The smallest absolute Gasteiger partial charge is 0.106 e. The molecule has 0 fully saturated rings. The van der Waals surface area contributed by atoms with Crippen molar-refractivity contribution in [2.75, 3.05) is 0 Å². The minimum atomic E-state index is 0.833. The SMILES string of the molecule is Cc1cc(-c2ccc(Br)nc2)ncc1Br. The molecular formula is C11H8Br2N2. The van der Waals surface area contributed by atoms with Gasteiger partial charge in [-0.25, -0.2) is 4.98 Å². The van der Waals surface area contributed by atoms with Crippen LogP contribution < -0.4 is 0 Å². The predicted molar refractivity (Wildman–Crippen MR) is 67.6 cm³/mol. The van der Waals surface area contributed by atoms with Crippen LogP contribution in [0.3, 0.4) is 0 Å². The average Bonchev–Trinajstić information content (AvgIpc) is 2.23. The van der Waals surface area contributed by atoms with E-state index >= 15 is 0 Å². The van der Waals surface area contributed by atoms with Gasteiger partial charge in [0.05, 0.1) is 5.69 Å². The van der Waals surface area contributed by atoms with Gasteiger partial charge < -0.3 is 0 Å². The first kappa shape index (κ1) is 10.8. The summed E-state index contributed by atoms with van der Waals surface area (Å²) in [5.74, 6) is 0. The second-order valence-electron chi connectivity index (χ2n) is 3.19. The maximum Gasteiger partial charge on any atom is 0.106 e. The number of pyridine rings is 2. The molecule has 76 valence electrons. The van der Waals surface area contributed by atoms with E-state index in [1.54, 1.807) is 6.20 Å². The molecule has 2 aromatic rings. The first-order valence-electron chi connectivity index (χ1n) is 4.41. The Bertz CT molecular complexity index is 480. The summed E-state index contributed by atoms with van der Waals surface area (Å²) in [7, 11) is 0. The van der Waals surface area contributed by atoms with Crippen molar-refractivity contribution in [3.63, 3.8) is 0 Å². The summed E-state index contributed by atoms with van der Waals surface area (Å²) in [6.07, 6.45) is 3.62. The molecule has 0 amide bonds. The van der Waals surface area contributed by atoms with Crippen LogP contribution in [0.15, 0.2) is 39.7 Å². The molecule has 0 bridgehead atoms. The van der Waals surface area contributed by atoms with E-state index in [0.717, 1.165) is 20.3 Å². The summed E-state index contributed by atoms with van der Waals surface area (Å²) in [6, 6.07) is 5.94. The average molecular weight is 328 g/mol. The summed E-state index contributed by atoms with van der Waals surface area (Å²) < 4.78 is 1.86. The second kappa shape index (κ2) is 4.41. The zero-order valence-corrected chi connectivity index (χ0v) is 11.2. The topological polar surface area (TPSA) is 25.8 Å². The molecule has 0 spiro atoms. The Balaban J connectivity index is 2.45. The van der Waals surface area contributed by atoms with Crippen LogP contribution in [0.5, 0.6) is 0 Å². The molecule has 2 aromatic heterocycles. The number of halogens is 2. The van der Waals surface area contributed by atoms with Crippen molar-refractivity contribution in [3.05, 3.63) is 45.2 Å². The first-order chi connectivity index (χ1) is 7.16. The third-order valence-corrected chi connectivity index (χ3v) is 3.37. The predicted octanol–water partition coefficient (Wildman–Crippen LogP) is 3.98. The first-order valence-corrected chi connectivity index (χ1v) is 5.99. The Kier molecular flexibility index (Phi) is 3.17. The Labute approximate surface area is 105 Å². The van der Waals surface area contributed by atoms with Crippen LogP contribution in [-0.2, 0) is 0 Å². The normalized spacial score (nSPS) is 10.3. The number of hydrogen-bond acceptors (Lipinski definition) is 2. The van der Waals surface area contributed by atoms with Crippen LogP contribution >= 0.6 is 31.9 Å². The number of hydrogen-bond donors (Lipinski definition) is 0. The standard InChI is InChI=1S/C11H8Br2N2/c1-7-4-10(14-6-9(7)12)8-2-3-11(13)15-5-8/h2-6H,1H3. The molecule has 0 saturated carbocycles. The van der Waals surface area contributed by atoms with Gasteiger partial charge in [0, 0.05) is 22.4 Å². The van der Waals surface area contributed by atoms with Crippen LogP contribution in [0.2, 0.25) is 0 Å². The highest BCUT2D eigenvalue weighted by Crippen LogP contribution is 2.22. The fourth-order valence-electron chi connectivity index (χ4n) is 1.22. The minimum Gasteiger partial charge on any atom is -0.255 e. The van der Waals surface area contributed by atoms with E-state index in [-0.39, 0.29) is 0 Å². The molecule has 0 radical (unpaired) electrons. The third kappa shape index (κ3) is 2.44. The Hall–Kier alpha value is -0.740. The summed E-state index contributed by atoms with van der Waals surface area (Å²) >= 11 is 6.73. The van der Waals surface area contributed by atoms with Gasteiger partial charge in [-0.3, -0.25) is 4.98 Å². The largest absolute Gasteiger partial charge is 0.255 e. The fourth-order valence-corrected chi connectivity index (χ4v) is 1.68. The number of nitrogens with zero attached hydrogens (tertiary/aromatic N) is 2. The highest BCUT2D eigenvalue weighted by molar-refractivity contribution is 9.10. The Morgan fingerprint density at radius 3 is 2.47 bits per heavy atom. The summed E-state index contributed by atoms with van der Waals surface area (Å²) in [5.41, 5.74) is 3.13. The van der Waals surface area contributed by atoms with Crippen molar-refractivity contribution in [3.8, 4) is 11.3 Å². The summed E-state index contributed by atoms with van der Waals surface area (Å²) in [4.78, 5) is 8.51. The lowest BCUT2D eigenvalue weighted by Gasteiger charge is -2.03. The summed E-state index contributed by atoms with van der Waals surface area (Å²) in [6.45, 7) is 2.04. The molecule has 2 rings (SSSR count). The number of aryl methyl sites for hydroxylation is 1. The molecule has 4 heteroatoms. The van der Waals surface area contributed by atoms with Crippen molar-refractivity contribution >= 4 is 31.9 Å². The van der Waals surface area contributed by atoms with Crippen molar-refractivity contribution in [2.24, 2.45) is 0 Å². The summed E-state index contributed by atoms with van der Waals surface area (Å²) in [5, 5.41) is 0. The quantitative estimate of drug-likeness (QED) is 0.740. The Morgan fingerprint density at radius 2 is 1.87 bits per heavy atom. The number of rotatable bonds is 1. The lowest BCUT2D eigenvalue weighted by atomic mass is 10.1. The highest BCUT2D eigenvalue weighted by atomic mass is 79.9.